The van der Waals surface area contributed by atoms with Crippen molar-refractivity contribution in [2.45, 2.75) is 4.90 Å². The zero-order chi connectivity index (χ0) is 22.8. The fraction of sp³-hybridized carbons (Fsp3) is 0.0435. The van der Waals surface area contributed by atoms with E-state index >= 15 is 0 Å². The molecule has 0 saturated heterocycles. The highest BCUT2D eigenvalue weighted by Gasteiger charge is 2.40. The summed E-state index contributed by atoms with van der Waals surface area (Å²) in [4.78, 5) is 28.8. The minimum Gasteiger partial charge on any atom is -0.497 e. The fourth-order valence-electron chi connectivity index (χ4n) is 3.01. The summed E-state index contributed by atoms with van der Waals surface area (Å²) in [5.74, 6) is -0.295. The van der Waals surface area contributed by atoms with Crippen LogP contribution in [-0.4, -0.2) is 18.9 Å². The molecule has 0 unspecified atom stereocenters. The van der Waals surface area contributed by atoms with E-state index in [0.717, 1.165) is 9.80 Å². The summed E-state index contributed by atoms with van der Waals surface area (Å²) in [6.07, 6.45) is 0. The molecule has 9 heteroatoms. The lowest BCUT2D eigenvalue weighted by Crippen LogP contribution is -2.32. The summed E-state index contributed by atoms with van der Waals surface area (Å²) in [5, 5.41) is 4.23. The normalized spacial score (nSPS) is 13.7. The number of nitrogens with zero attached hydrogens (tertiary/aromatic N) is 1. The van der Waals surface area contributed by atoms with Gasteiger partial charge in [0.2, 0.25) is 0 Å². The first-order valence-corrected chi connectivity index (χ1v) is 11.2. The molecule has 32 heavy (non-hydrogen) atoms. The zero-order valence-corrected chi connectivity index (χ0v) is 19.6. The van der Waals surface area contributed by atoms with Crippen molar-refractivity contribution in [3.05, 3.63) is 92.4 Å². The highest BCUT2D eigenvalue weighted by atomic mass is 35.5. The lowest BCUT2D eigenvalue weighted by Gasteiger charge is -2.16. The second-order valence-electron chi connectivity index (χ2n) is 6.66. The molecule has 0 radical (unpaired) electrons. The Bertz CT molecular complexity index is 1230. The van der Waals surface area contributed by atoms with Crippen LogP contribution in [0.1, 0.15) is 0 Å². The van der Waals surface area contributed by atoms with Crippen LogP contribution in [0.15, 0.2) is 82.2 Å². The number of hydrogen-bond acceptors (Lipinski definition) is 5. The summed E-state index contributed by atoms with van der Waals surface area (Å²) in [6, 6.07) is 18.6. The lowest BCUT2D eigenvalue weighted by atomic mass is 10.2. The van der Waals surface area contributed by atoms with Crippen LogP contribution in [0.4, 0.5) is 11.4 Å². The Kier molecular flexibility index (Phi) is 6.67. The second-order valence-corrected chi connectivity index (χ2v) is 8.99. The van der Waals surface area contributed by atoms with Crippen molar-refractivity contribution in [1.82, 2.24) is 0 Å². The number of hydrogen-bond donors (Lipinski definition) is 1. The Balaban J connectivity index is 1.73. The SMILES string of the molecule is COc1ccc(NC2=C(Sc3ccc(Cl)cc3)C(=O)N(c3ccc(Cl)c(Cl)c3)C2=O)cc1. The number of halogens is 3. The maximum Gasteiger partial charge on any atom is 0.283 e. The predicted octanol–water partition coefficient (Wildman–Crippen LogP) is 6.64. The monoisotopic (exact) mass is 504 g/mol. The van der Waals surface area contributed by atoms with Gasteiger partial charge in [-0.15, -0.1) is 0 Å². The van der Waals surface area contributed by atoms with Gasteiger partial charge in [0.1, 0.15) is 16.4 Å². The zero-order valence-electron chi connectivity index (χ0n) is 16.6. The number of nitrogens with one attached hydrogen (secondary N) is 1. The molecule has 5 nitrogen and oxygen atoms in total. The first-order chi connectivity index (χ1) is 15.4. The number of thioether (sulfide) groups is 1. The summed E-state index contributed by atoms with van der Waals surface area (Å²) in [7, 11) is 1.57. The molecule has 0 aromatic heterocycles. The molecule has 162 valence electrons. The van der Waals surface area contributed by atoms with Crippen molar-refractivity contribution in [3.8, 4) is 5.75 Å². The van der Waals surface area contributed by atoms with Crippen LogP contribution in [0.5, 0.6) is 5.75 Å². The molecule has 1 heterocycles. The number of carbonyl (C=O) groups excluding carboxylic acids is 2. The third-order valence-electron chi connectivity index (χ3n) is 4.60. The topological polar surface area (TPSA) is 58.6 Å². The van der Waals surface area contributed by atoms with E-state index in [1.807, 2.05) is 0 Å². The standard InChI is InChI=1S/C23H15Cl3N2O3S/c1-31-16-7-4-14(5-8-16)27-20-21(32-17-9-2-13(24)3-10-17)23(30)28(22(20)29)15-6-11-18(25)19(26)12-15/h2-12,27H,1H3. The van der Waals surface area contributed by atoms with E-state index in [1.165, 1.54) is 17.8 Å². The van der Waals surface area contributed by atoms with Crippen LogP contribution in [0.3, 0.4) is 0 Å². The number of carbonyl (C=O) groups is 2. The molecular weight excluding hydrogens is 491 g/mol. The van der Waals surface area contributed by atoms with Crippen molar-refractivity contribution in [3.63, 3.8) is 0 Å². The van der Waals surface area contributed by atoms with Gasteiger partial charge in [0.05, 0.1) is 22.8 Å². The average Bonchev–Trinajstić information content (AvgIpc) is 3.01. The second kappa shape index (κ2) is 9.46. The lowest BCUT2D eigenvalue weighted by molar-refractivity contribution is -0.120. The molecule has 2 amide bonds. The van der Waals surface area contributed by atoms with Crippen LogP contribution in [0.25, 0.3) is 0 Å². The smallest absolute Gasteiger partial charge is 0.283 e. The first kappa shape index (κ1) is 22.6. The van der Waals surface area contributed by atoms with Crippen LogP contribution in [0.2, 0.25) is 15.1 Å². The molecule has 4 rings (SSSR count). The van der Waals surface area contributed by atoms with E-state index < -0.39 is 11.8 Å². The molecule has 0 spiro atoms. The van der Waals surface area contributed by atoms with Gasteiger partial charge in [-0.25, -0.2) is 4.90 Å². The molecule has 3 aromatic carbocycles. The molecule has 0 bridgehead atoms. The van der Waals surface area contributed by atoms with Gasteiger partial charge in [-0.1, -0.05) is 46.6 Å². The number of anilines is 2. The largest absolute Gasteiger partial charge is 0.497 e. The van der Waals surface area contributed by atoms with Gasteiger partial charge >= 0.3 is 0 Å². The summed E-state index contributed by atoms with van der Waals surface area (Å²) >= 11 is 19.3. The molecule has 0 saturated carbocycles. The third kappa shape index (κ3) is 4.59. The van der Waals surface area contributed by atoms with Gasteiger partial charge in [0, 0.05) is 15.6 Å². The number of imide groups is 1. The number of benzene rings is 3. The molecule has 0 fully saturated rings. The van der Waals surface area contributed by atoms with Gasteiger partial charge in [0.15, 0.2) is 0 Å². The van der Waals surface area contributed by atoms with Gasteiger partial charge in [-0.3, -0.25) is 9.59 Å². The van der Waals surface area contributed by atoms with E-state index in [1.54, 1.807) is 67.8 Å². The third-order valence-corrected chi connectivity index (χ3v) is 6.68. The Labute approximate surface area is 203 Å². The molecule has 1 N–H and O–H groups in total. The molecular formula is C23H15Cl3N2O3S. The van der Waals surface area contributed by atoms with E-state index in [9.17, 15) is 9.59 Å². The van der Waals surface area contributed by atoms with Crippen LogP contribution in [0, 0.1) is 0 Å². The summed E-state index contributed by atoms with van der Waals surface area (Å²) < 4.78 is 5.18. The van der Waals surface area contributed by atoms with Crippen LogP contribution < -0.4 is 15.0 Å². The fourth-order valence-corrected chi connectivity index (χ4v) is 4.36. The summed E-state index contributed by atoms with van der Waals surface area (Å²) in [5.41, 5.74) is 1.12. The maximum absolute atomic E-state index is 13.3. The van der Waals surface area contributed by atoms with Gasteiger partial charge in [-0.05, 0) is 66.7 Å². The predicted molar refractivity (Wildman–Crippen MR) is 130 cm³/mol. The van der Waals surface area contributed by atoms with Crippen molar-refractivity contribution >= 4 is 69.8 Å². The van der Waals surface area contributed by atoms with E-state index in [0.29, 0.717) is 27.2 Å². The Hall–Kier alpha value is -2.64. The molecule has 0 atom stereocenters. The Morgan fingerprint density at radius 3 is 2.16 bits per heavy atom. The molecule has 3 aromatic rings. The van der Waals surface area contributed by atoms with Crippen LogP contribution in [-0.2, 0) is 9.59 Å². The molecule has 1 aliphatic heterocycles. The highest BCUT2D eigenvalue weighted by Crippen LogP contribution is 2.39. The van der Waals surface area contributed by atoms with Crippen molar-refractivity contribution < 1.29 is 14.3 Å². The highest BCUT2D eigenvalue weighted by molar-refractivity contribution is 8.04. The van der Waals surface area contributed by atoms with Gasteiger partial charge in [-0.2, -0.15) is 0 Å². The Morgan fingerprint density at radius 1 is 0.844 bits per heavy atom. The van der Waals surface area contributed by atoms with Crippen LogP contribution >= 0.6 is 46.6 Å². The molecule has 1 aliphatic rings. The van der Waals surface area contributed by atoms with Crippen molar-refractivity contribution in [2.75, 3.05) is 17.3 Å². The van der Waals surface area contributed by atoms with E-state index in [-0.39, 0.29) is 15.6 Å². The number of methoxy groups -OCH3 is 1. The van der Waals surface area contributed by atoms with E-state index in [4.69, 9.17) is 39.5 Å². The van der Waals surface area contributed by atoms with Crippen molar-refractivity contribution in [1.29, 1.82) is 0 Å². The van der Waals surface area contributed by atoms with Gasteiger partial charge in [0.25, 0.3) is 11.8 Å². The average molecular weight is 506 g/mol. The first-order valence-electron chi connectivity index (χ1n) is 9.30. The number of rotatable bonds is 6. The quantitative estimate of drug-likeness (QED) is 0.380. The minimum absolute atomic E-state index is 0.159. The van der Waals surface area contributed by atoms with E-state index in [2.05, 4.69) is 5.32 Å². The molecule has 0 aliphatic carbocycles. The Morgan fingerprint density at radius 2 is 1.53 bits per heavy atom. The number of amides is 2. The van der Waals surface area contributed by atoms with Crippen molar-refractivity contribution in [2.24, 2.45) is 0 Å². The summed E-state index contributed by atoms with van der Waals surface area (Å²) in [6.45, 7) is 0. The number of ether oxygens (including phenoxy) is 1. The maximum atomic E-state index is 13.3. The minimum atomic E-state index is -0.499. The van der Waals surface area contributed by atoms with Gasteiger partial charge < -0.3 is 10.1 Å².